The lowest BCUT2D eigenvalue weighted by Gasteiger charge is -2.33. The fourth-order valence-electron chi connectivity index (χ4n) is 5.43. The van der Waals surface area contributed by atoms with Gasteiger partial charge in [-0.3, -0.25) is 24.3 Å². The summed E-state index contributed by atoms with van der Waals surface area (Å²) in [7, 11) is 0. The van der Waals surface area contributed by atoms with Gasteiger partial charge in [0.1, 0.15) is 6.04 Å². The van der Waals surface area contributed by atoms with Crippen molar-refractivity contribution in [3.63, 3.8) is 0 Å². The predicted octanol–water partition coefficient (Wildman–Crippen LogP) is 3.44. The van der Waals surface area contributed by atoms with Gasteiger partial charge in [0.15, 0.2) is 5.78 Å². The molecule has 3 aliphatic rings. The van der Waals surface area contributed by atoms with Crippen LogP contribution in [0.15, 0.2) is 90.0 Å². The number of fused-ring (bicyclic) bond motifs is 5. The van der Waals surface area contributed by atoms with Crippen LogP contribution in [0, 0.1) is 11.8 Å². The molecular weight excluding hydrogens is 414 g/mol. The molecule has 3 aliphatic heterocycles. The quantitative estimate of drug-likeness (QED) is 0.465. The molecule has 0 saturated carbocycles. The summed E-state index contributed by atoms with van der Waals surface area (Å²) in [4.78, 5) is 42.4. The molecule has 6 heteroatoms. The Bertz CT molecular complexity index is 1290. The lowest BCUT2D eigenvalue weighted by molar-refractivity contribution is -0.142. The van der Waals surface area contributed by atoms with E-state index in [1.165, 1.54) is 4.90 Å². The van der Waals surface area contributed by atoms with E-state index in [9.17, 15) is 14.4 Å². The summed E-state index contributed by atoms with van der Waals surface area (Å²) in [5, 5.41) is 6.28. The van der Waals surface area contributed by atoms with E-state index < -0.39 is 23.9 Å². The average Bonchev–Trinajstić information content (AvgIpc) is 3.33. The van der Waals surface area contributed by atoms with E-state index in [1.807, 2.05) is 60.7 Å². The van der Waals surface area contributed by atoms with Crippen molar-refractivity contribution in [3.05, 3.63) is 107 Å². The second-order valence-corrected chi connectivity index (χ2v) is 8.67. The molecule has 3 aromatic carbocycles. The van der Waals surface area contributed by atoms with Crippen molar-refractivity contribution < 1.29 is 14.4 Å². The first-order chi connectivity index (χ1) is 16.1. The molecule has 2 amide bonds. The van der Waals surface area contributed by atoms with E-state index in [2.05, 4.69) is 5.10 Å². The fourth-order valence-corrected chi connectivity index (χ4v) is 5.43. The highest BCUT2D eigenvalue weighted by Crippen LogP contribution is 2.52. The first kappa shape index (κ1) is 19.6. The third-order valence-electron chi connectivity index (χ3n) is 6.89. The molecule has 6 rings (SSSR count). The zero-order valence-corrected chi connectivity index (χ0v) is 17.7. The molecule has 0 N–H and O–H groups in total. The first-order valence-corrected chi connectivity index (χ1v) is 11.0. The second kappa shape index (κ2) is 7.52. The highest BCUT2D eigenvalue weighted by Gasteiger charge is 2.65. The average molecular weight is 435 g/mol. The third-order valence-corrected chi connectivity index (χ3v) is 6.89. The smallest absolute Gasteiger partial charge is 0.236 e. The monoisotopic (exact) mass is 435 g/mol. The van der Waals surface area contributed by atoms with Crippen molar-refractivity contribution in [1.29, 1.82) is 0 Å². The molecule has 6 nitrogen and oxygen atoms in total. The highest BCUT2D eigenvalue weighted by molar-refractivity contribution is 6.12. The summed E-state index contributed by atoms with van der Waals surface area (Å²) >= 11 is 0. The van der Waals surface area contributed by atoms with Crippen molar-refractivity contribution in [3.8, 4) is 0 Å². The van der Waals surface area contributed by atoms with E-state index in [4.69, 9.17) is 0 Å². The Morgan fingerprint density at radius 3 is 2.18 bits per heavy atom. The lowest BCUT2D eigenvalue weighted by atomic mass is 9.83. The Morgan fingerprint density at radius 2 is 1.42 bits per heavy atom. The summed E-state index contributed by atoms with van der Waals surface area (Å²) in [5.41, 5.74) is 3.22. The first-order valence-electron chi connectivity index (χ1n) is 11.0. The van der Waals surface area contributed by atoms with E-state index in [-0.39, 0.29) is 24.1 Å². The molecule has 0 aromatic heterocycles. The van der Waals surface area contributed by atoms with Gasteiger partial charge in [-0.25, -0.2) is 0 Å². The number of imide groups is 1. The van der Waals surface area contributed by atoms with Crippen molar-refractivity contribution >= 4 is 23.8 Å². The van der Waals surface area contributed by atoms with Crippen LogP contribution in [0.4, 0.5) is 0 Å². The number of benzene rings is 3. The van der Waals surface area contributed by atoms with Gasteiger partial charge in [0, 0.05) is 5.56 Å². The fraction of sp³-hybridized carbons (Fsp3) is 0.185. The number of nitrogens with zero attached hydrogens (tertiary/aromatic N) is 3. The van der Waals surface area contributed by atoms with E-state index in [1.54, 1.807) is 35.5 Å². The van der Waals surface area contributed by atoms with Gasteiger partial charge in [0.25, 0.3) is 0 Å². The molecule has 4 atom stereocenters. The van der Waals surface area contributed by atoms with Crippen LogP contribution in [0.1, 0.15) is 33.1 Å². The molecule has 0 unspecified atom stereocenters. The van der Waals surface area contributed by atoms with Gasteiger partial charge in [-0.15, -0.1) is 0 Å². The summed E-state index contributed by atoms with van der Waals surface area (Å²) < 4.78 is 0. The van der Waals surface area contributed by atoms with Gasteiger partial charge in [-0.2, -0.15) is 5.10 Å². The number of rotatable bonds is 4. The van der Waals surface area contributed by atoms with Gasteiger partial charge in [0.05, 0.1) is 30.6 Å². The largest absolute Gasteiger partial charge is 0.292 e. The number of ketones is 1. The second-order valence-electron chi connectivity index (χ2n) is 8.67. The van der Waals surface area contributed by atoms with E-state index in [0.29, 0.717) is 5.56 Å². The Morgan fingerprint density at radius 1 is 0.788 bits per heavy atom. The summed E-state index contributed by atoms with van der Waals surface area (Å²) in [6, 6.07) is 24.9. The molecule has 162 valence electrons. The van der Waals surface area contributed by atoms with Crippen LogP contribution in [0.25, 0.3) is 0 Å². The molecule has 2 fully saturated rings. The van der Waals surface area contributed by atoms with Gasteiger partial charge in [-0.1, -0.05) is 84.9 Å². The molecular formula is C27H21N3O3. The molecule has 0 radical (unpaired) electrons. The third kappa shape index (κ3) is 2.94. The van der Waals surface area contributed by atoms with E-state index >= 15 is 0 Å². The SMILES string of the molecule is O=C(c1ccccc1)[C@@H]1[C@@H]2C(=O)N(Cc3ccccc3)C(=O)[C@@H]2[C@H]2c3ccccc3C=NN12. The van der Waals surface area contributed by atoms with Crippen LogP contribution in [0.3, 0.4) is 0 Å². The zero-order chi connectivity index (χ0) is 22.5. The van der Waals surface area contributed by atoms with Crippen LogP contribution in [-0.4, -0.2) is 39.8 Å². The topological polar surface area (TPSA) is 70.0 Å². The number of hydrazone groups is 1. The predicted molar refractivity (Wildman–Crippen MR) is 122 cm³/mol. The van der Waals surface area contributed by atoms with Gasteiger partial charge < -0.3 is 0 Å². The van der Waals surface area contributed by atoms with Crippen LogP contribution < -0.4 is 0 Å². The number of carbonyl (C=O) groups is 3. The van der Waals surface area contributed by atoms with Crippen LogP contribution in [0.2, 0.25) is 0 Å². The summed E-state index contributed by atoms with van der Waals surface area (Å²) in [6.07, 6.45) is 1.72. The Labute approximate surface area is 191 Å². The Kier molecular flexibility index (Phi) is 4.47. The number of Topliss-reactive ketones (excluding diaryl/α,β-unsaturated/α-hetero) is 1. The maximum absolute atomic E-state index is 13.7. The maximum atomic E-state index is 13.7. The minimum absolute atomic E-state index is 0.188. The zero-order valence-electron chi connectivity index (χ0n) is 17.7. The van der Waals surface area contributed by atoms with Crippen molar-refractivity contribution in [2.24, 2.45) is 16.9 Å². The molecule has 0 aliphatic carbocycles. The van der Waals surface area contributed by atoms with Gasteiger partial charge >= 0.3 is 0 Å². The van der Waals surface area contributed by atoms with Gasteiger partial charge in [0.2, 0.25) is 11.8 Å². The Hall–Kier alpha value is -4.06. The standard InChI is InChI=1S/C27H21N3O3/c31-25(18-11-5-2-6-12-18)24-22-21(23-20-14-8-7-13-19(20)15-28-30(23)24)26(32)29(27(22)33)16-17-9-3-1-4-10-17/h1-15,21-24H,16H2/t21-,22+,23+,24-/m0/s1. The normalized spacial score (nSPS) is 25.1. The minimum Gasteiger partial charge on any atom is -0.292 e. The maximum Gasteiger partial charge on any atom is 0.236 e. The molecule has 0 bridgehead atoms. The van der Waals surface area contributed by atoms with Crippen LogP contribution in [-0.2, 0) is 16.1 Å². The molecule has 0 spiro atoms. The minimum atomic E-state index is -0.829. The highest BCUT2D eigenvalue weighted by atomic mass is 16.2. The number of hydrogen-bond acceptors (Lipinski definition) is 5. The molecule has 3 heterocycles. The number of hydrogen-bond donors (Lipinski definition) is 0. The Balaban J connectivity index is 1.45. The van der Waals surface area contributed by atoms with E-state index in [0.717, 1.165) is 16.7 Å². The van der Waals surface area contributed by atoms with Crippen molar-refractivity contribution in [1.82, 2.24) is 9.91 Å². The van der Waals surface area contributed by atoms with Crippen molar-refractivity contribution in [2.75, 3.05) is 0 Å². The number of likely N-dealkylation sites (tertiary alicyclic amines) is 1. The summed E-state index contributed by atoms with van der Waals surface area (Å²) in [5.74, 6) is -2.16. The lowest BCUT2D eigenvalue weighted by Crippen LogP contribution is -2.44. The number of amides is 2. The van der Waals surface area contributed by atoms with Gasteiger partial charge in [-0.05, 0) is 16.7 Å². The number of carbonyl (C=O) groups excluding carboxylic acids is 3. The van der Waals surface area contributed by atoms with Crippen LogP contribution >= 0.6 is 0 Å². The molecule has 2 saturated heterocycles. The molecule has 3 aromatic rings. The van der Waals surface area contributed by atoms with Crippen LogP contribution in [0.5, 0.6) is 0 Å². The molecule has 33 heavy (non-hydrogen) atoms. The summed E-state index contributed by atoms with van der Waals surface area (Å²) in [6.45, 7) is 0.204. The van der Waals surface area contributed by atoms with Crippen molar-refractivity contribution in [2.45, 2.75) is 18.6 Å².